The van der Waals surface area contributed by atoms with Crippen molar-refractivity contribution in [2.24, 2.45) is 12.0 Å². The molecule has 6 nitrogen and oxygen atoms in total. The molecule has 0 spiro atoms. The molecule has 2 rings (SSSR count). The summed E-state index contributed by atoms with van der Waals surface area (Å²) >= 11 is 6.18. The highest BCUT2D eigenvalue weighted by Crippen LogP contribution is 2.14. The van der Waals surface area contributed by atoms with Crippen LogP contribution in [0.3, 0.4) is 0 Å². The van der Waals surface area contributed by atoms with Crippen LogP contribution >= 0.6 is 35.6 Å². The van der Waals surface area contributed by atoms with E-state index in [4.69, 9.17) is 11.6 Å². The van der Waals surface area contributed by atoms with E-state index < -0.39 is 0 Å². The molecule has 2 N–H and O–H groups in total. The van der Waals surface area contributed by atoms with E-state index in [1.165, 1.54) is 0 Å². The van der Waals surface area contributed by atoms with Gasteiger partial charge in [0.05, 0.1) is 0 Å². The van der Waals surface area contributed by atoms with Gasteiger partial charge in [0.1, 0.15) is 12.4 Å². The van der Waals surface area contributed by atoms with Gasteiger partial charge in [0.25, 0.3) is 0 Å². The summed E-state index contributed by atoms with van der Waals surface area (Å²) in [5.74, 6) is 2.40. The number of aliphatic imine (C=N–C) groups is 1. The number of nitrogens with zero attached hydrogens (tertiary/aromatic N) is 4. The highest BCUT2D eigenvalue weighted by Gasteiger charge is 2.05. The summed E-state index contributed by atoms with van der Waals surface area (Å²) < 4.78 is 1.93. The number of aryl methyl sites for hydroxylation is 1. The lowest BCUT2D eigenvalue weighted by Gasteiger charge is -2.12. The van der Waals surface area contributed by atoms with Crippen LogP contribution in [0.25, 0.3) is 0 Å². The molecule has 0 aliphatic rings. The van der Waals surface area contributed by atoms with Gasteiger partial charge in [-0.2, -0.15) is 0 Å². The maximum absolute atomic E-state index is 6.18. The summed E-state index contributed by atoms with van der Waals surface area (Å²) in [6, 6.07) is 7.85. The molecular weight excluding hydrogens is 451 g/mol. The molecule has 8 heteroatoms. The molecule has 0 saturated heterocycles. The number of aromatic nitrogens is 3. The second-order valence-electron chi connectivity index (χ2n) is 5.33. The van der Waals surface area contributed by atoms with E-state index in [-0.39, 0.29) is 24.0 Å². The van der Waals surface area contributed by atoms with E-state index in [0.717, 1.165) is 35.2 Å². The summed E-state index contributed by atoms with van der Waals surface area (Å²) in [7, 11) is 1.93. The maximum Gasteiger partial charge on any atom is 0.191 e. The molecule has 0 fully saturated rings. The van der Waals surface area contributed by atoms with Gasteiger partial charge < -0.3 is 15.2 Å². The minimum absolute atomic E-state index is 0. The molecule has 1 heterocycles. The quantitative estimate of drug-likeness (QED) is 0.280. The Morgan fingerprint density at radius 3 is 2.72 bits per heavy atom. The first-order chi connectivity index (χ1) is 11.6. The third kappa shape index (κ3) is 6.66. The number of hydrogen-bond acceptors (Lipinski definition) is 3. The van der Waals surface area contributed by atoms with Crippen LogP contribution in [-0.2, 0) is 20.0 Å². The number of halogens is 2. The van der Waals surface area contributed by atoms with Gasteiger partial charge >= 0.3 is 0 Å². The molecule has 25 heavy (non-hydrogen) atoms. The van der Waals surface area contributed by atoms with Crippen LogP contribution in [0.1, 0.15) is 17.2 Å². The smallest absolute Gasteiger partial charge is 0.191 e. The molecular formula is C17H24ClIN6. The Labute approximate surface area is 170 Å². The predicted molar refractivity (Wildman–Crippen MR) is 114 cm³/mol. The van der Waals surface area contributed by atoms with Gasteiger partial charge in [-0.3, -0.25) is 0 Å². The van der Waals surface area contributed by atoms with Crippen molar-refractivity contribution in [1.82, 2.24) is 25.4 Å². The van der Waals surface area contributed by atoms with E-state index >= 15 is 0 Å². The number of nitrogens with one attached hydrogen (secondary N) is 2. The second-order valence-corrected chi connectivity index (χ2v) is 5.73. The van der Waals surface area contributed by atoms with Crippen molar-refractivity contribution in [1.29, 1.82) is 0 Å². The molecule has 0 amide bonds. The first-order valence-corrected chi connectivity index (χ1v) is 8.21. The fraction of sp³-hybridized carbons (Fsp3) is 0.353. The minimum Gasteiger partial charge on any atom is -0.356 e. The van der Waals surface area contributed by atoms with Crippen LogP contribution in [0.15, 0.2) is 41.9 Å². The molecule has 1 aromatic heterocycles. The average Bonchev–Trinajstić information content (AvgIpc) is 2.90. The molecule has 0 saturated carbocycles. The highest BCUT2D eigenvalue weighted by atomic mass is 127. The molecule has 0 radical (unpaired) electrons. The van der Waals surface area contributed by atoms with Crippen molar-refractivity contribution in [2.75, 3.05) is 13.1 Å². The van der Waals surface area contributed by atoms with E-state index in [9.17, 15) is 0 Å². The number of guanidine groups is 1. The molecule has 0 bridgehead atoms. The third-order valence-electron chi connectivity index (χ3n) is 3.62. The number of hydrogen-bond donors (Lipinski definition) is 2. The van der Waals surface area contributed by atoms with Crippen LogP contribution < -0.4 is 10.6 Å². The lowest BCUT2D eigenvalue weighted by Crippen LogP contribution is -2.38. The van der Waals surface area contributed by atoms with E-state index in [2.05, 4.69) is 32.4 Å². The van der Waals surface area contributed by atoms with Crippen LogP contribution in [-0.4, -0.2) is 33.8 Å². The summed E-state index contributed by atoms with van der Waals surface area (Å²) in [6.07, 6.45) is 2.61. The van der Waals surface area contributed by atoms with Gasteiger partial charge in [0, 0.05) is 25.2 Å². The second kappa shape index (κ2) is 11.1. The van der Waals surface area contributed by atoms with E-state index in [0.29, 0.717) is 19.0 Å². The zero-order chi connectivity index (χ0) is 17.4. The van der Waals surface area contributed by atoms with Crippen molar-refractivity contribution in [2.45, 2.75) is 19.9 Å². The molecule has 136 valence electrons. The molecule has 0 atom stereocenters. The summed E-state index contributed by atoms with van der Waals surface area (Å²) in [6.45, 7) is 7.45. The van der Waals surface area contributed by atoms with Gasteiger partial charge in [-0.25, -0.2) is 4.99 Å². The van der Waals surface area contributed by atoms with Crippen molar-refractivity contribution >= 4 is 41.5 Å². The van der Waals surface area contributed by atoms with E-state index in [1.807, 2.05) is 42.8 Å². The van der Waals surface area contributed by atoms with Crippen molar-refractivity contribution in [3.05, 3.63) is 59.2 Å². The predicted octanol–water partition coefficient (Wildman–Crippen LogP) is 2.86. The van der Waals surface area contributed by atoms with Gasteiger partial charge in [0.15, 0.2) is 11.8 Å². The Hall–Kier alpha value is -1.61. The van der Waals surface area contributed by atoms with Gasteiger partial charge in [-0.05, 0) is 25.0 Å². The summed E-state index contributed by atoms with van der Waals surface area (Å²) in [4.78, 5) is 4.55. The Morgan fingerprint density at radius 1 is 1.32 bits per heavy atom. The normalized spacial score (nSPS) is 10.9. The topological polar surface area (TPSA) is 67.1 Å². The third-order valence-corrected chi connectivity index (χ3v) is 3.99. The Morgan fingerprint density at radius 2 is 2.08 bits per heavy atom. The average molecular weight is 475 g/mol. The van der Waals surface area contributed by atoms with Crippen LogP contribution in [0.2, 0.25) is 5.02 Å². The monoisotopic (exact) mass is 474 g/mol. The van der Waals surface area contributed by atoms with Gasteiger partial charge in [-0.1, -0.05) is 35.9 Å². The Balaban J connectivity index is 0.00000312. The lowest BCUT2D eigenvalue weighted by molar-refractivity contribution is 0.757. The number of benzene rings is 1. The van der Waals surface area contributed by atoms with Crippen LogP contribution in [0, 0.1) is 6.92 Å². The van der Waals surface area contributed by atoms with Crippen molar-refractivity contribution in [3.8, 4) is 0 Å². The highest BCUT2D eigenvalue weighted by molar-refractivity contribution is 14.0. The molecule has 1 aromatic carbocycles. The van der Waals surface area contributed by atoms with Crippen LogP contribution in [0.4, 0.5) is 0 Å². The largest absolute Gasteiger partial charge is 0.356 e. The standard InChI is InChI=1S/C17H23ClN6.HI/c1-4-10-19-17(21-12-16-23-22-13(2)24(16)3)20-11-9-14-7-5-6-8-15(14)18;/h4-8H,1,9-12H2,2-3H3,(H2,19,20,21);1H. The number of rotatable bonds is 7. The maximum atomic E-state index is 6.18. The lowest BCUT2D eigenvalue weighted by atomic mass is 10.1. The molecule has 0 aliphatic carbocycles. The zero-order valence-corrected chi connectivity index (χ0v) is 17.6. The van der Waals surface area contributed by atoms with Gasteiger partial charge in [-0.15, -0.1) is 40.8 Å². The first kappa shape index (κ1) is 21.4. The Bertz CT molecular complexity index is 713. The summed E-state index contributed by atoms with van der Waals surface area (Å²) in [5, 5.41) is 15.4. The summed E-state index contributed by atoms with van der Waals surface area (Å²) in [5.41, 5.74) is 1.11. The Kier molecular flexibility index (Phi) is 9.51. The molecule has 2 aromatic rings. The SMILES string of the molecule is C=CCNC(=NCc1nnc(C)n1C)NCCc1ccccc1Cl.I. The fourth-order valence-electron chi connectivity index (χ4n) is 2.10. The van der Waals surface area contributed by atoms with Crippen molar-refractivity contribution in [3.63, 3.8) is 0 Å². The molecule has 0 aliphatic heterocycles. The molecule has 0 unspecified atom stereocenters. The minimum atomic E-state index is 0. The van der Waals surface area contributed by atoms with E-state index in [1.54, 1.807) is 6.08 Å². The van der Waals surface area contributed by atoms with Crippen LogP contribution in [0.5, 0.6) is 0 Å². The fourth-order valence-corrected chi connectivity index (χ4v) is 2.33. The zero-order valence-electron chi connectivity index (χ0n) is 14.5. The van der Waals surface area contributed by atoms with Crippen molar-refractivity contribution < 1.29 is 0 Å². The van der Waals surface area contributed by atoms with Gasteiger partial charge in [0.2, 0.25) is 0 Å². The first-order valence-electron chi connectivity index (χ1n) is 7.83.